The van der Waals surface area contributed by atoms with Crippen molar-refractivity contribution in [3.63, 3.8) is 0 Å². The summed E-state index contributed by atoms with van der Waals surface area (Å²) < 4.78 is 0. The number of nitrogens with zero attached hydrogens (tertiary/aromatic N) is 3. The van der Waals surface area contributed by atoms with Gasteiger partial charge >= 0.3 is 0 Å². The van der Waals surface area contributed by atoms with E-state index >= 15 is 0 Å². The lowest BCUT2D eigenvalue weighted by atomic mass is 10.2. The first-order valence-corrected chi connectivity index (χ1v) is 10.2. The first-order chi connectivity index (χ1) is 12.1. The van der Waals surface area contributed by atoms with Gasteiger partial charge in [-0.2, -0.15) is 0 Å². The highest BCUT2D eigenvalue weighted by molar-refractivity contribution is 7.14. The van der Waals surface area contributed by atoms with Crippen LogP contribution in [0.4, 0.5) is 5.13 Å². The molecule has 0 bridgehead atoms. The average Bonchev–Trinajstić information content (AvgIpc) is 3.11. The van der Waals surface area contributed by atoms with Crippen LogP contribution in [0.15, 0.2) is 29.6 Å². The molecule has 0 radical (unpaired) electrons. The summed E-state index contributed by atoms with van der Waals surface area (Å²) in [6.45, 7) is 7.88. The summed E-state index contributed by atoms with van der Waals surface area (Å²) in [5, 5.41) is 3.34. The zero-order valence-corrected chi connectivity index (χ0v) is 16.9. The maximum absolute atomic E-state index is 12.2. The summed E-state index contributed by atoms with van der Waals surface area (Å²) in [4.78, 5) is 20.9. The number of carbonyl (C=O) groups excluding carboxylic acids is 1. The van der Waals surface area contributed by atoms with Crippen molar-refractivity contribution >= 4 is 45.6 Å². The maximum atomic E-state index is 12.2. The molecule has 1 amide bonds. The minimum absolute atomic E-state index is 0.0405. The fraction of sp³-hybridized carbons (Fsp3) is 0.444. The standard InChI is InChI=1S/C18H23Cl2N3OS/c1-3-22(4-2)10-5-11-23(17(24)12-19)18-21-16(13-25-18)14-6-8-15(20)9-7-14/h6-9,13H,3-5,10-12H2,1-2H3. The van der Waals surface area contributed by atoms with Crippen LogP contribution >= 0.6 is 34.5 Å². The molecule has 0 aliphatic carbocycles. The highest BCUT2D eigenvalue weighted by atomic mass is 35.5. The second-order valence-electron chi connectivity index (χ2n) is 5.58. The SMILES string of the molecule is CCN(CC)CCCN(C(=O)CCl)c1nc(-c2ccc(Cl)cc2)cs1. The van der Waals surface area contributed by atoms with Crippen molar-refractivity contribution < 1.29 is 4.79 Å². The van der Waals surface area contributed by atoms with Crippen LogP contribution in [0.3, 0.4) is 0 Å². The van der Waals surface area contributed by atoms with Gasteiger partial charge in [0.1, 0.15) is 5.88 Å². The topological polar surface area (TPSA) is 36.4 Å². The third-order valence-electron chi connectivity index (χ3n) is 4.03. The molecule has 0 spiro atoms. The van der Waals surface area contributed by atoms with Crippen molar-refractivity contribution in [2.45, 2.75) is 20.3 Å². The van der Waals surface area contributed by atoms with Crippen LogP contribution in [-0.4, -0.2) is 47.9 Å². The van der Waals surface area contributed by atoms with Crippen molar-refractivity contribution in [3.8, 4) is 11.3 Å². The molecule has 1 aromatic heterocycles. The van der Waals surface area contributed by atoms with Crippen molar-refractivity contribution in [3.05, 3.63) is 34.7 Å². The zero-order valence-electron chi connectivity index (χ0n) is 14.5. The van der Waals surface area contributed by atoms with Crippen molar-refractivity contribution in [2.24, 2.45) is 0 Å². The molecule has 2 aromatic rings. The Morgan fingerprint density at radius 1 is 1.16 bits per heavy atom. The number of rotatable bonds is 9. The molecular formula is C18H23Cl2N3OS. The molecule has 0 fully saturated rings. The van der Waals surface area contributed by atoms with Crippen LogP contribution in [0.1, 0.15) is 20.3 Å². The number of anilines is 1. The van der Waals surface area contributed by atoms with Crippen LogP contribution in [0.5, 0.6) is 0 Å². The summed E-state index contributed by atoms with van der Waals surface area (Å²) in [7, 11) is 0. The van der Waals surface area contributed by atoms with Gasteiger partial charge in [0.15, 0.2) is 5.13 Å². The highest BCUT2D eigenvalue weighted by Crippen LogP contribution is 2.28. The fourth-order valence-electron chi connectivity index (χ4n) is 2.53. The zero-order chi connectivity index (χ0) is 18.2. The molecule has 0 saturated carbocycles. The summed E-state index contributed by atoms with van der Waals surface area (Å²) in [5.41, 5.74) is 1.82. The maximum Gasteiger partial charge on any atom is 0.243 e. The Morgan fingerprint density at radius 2 is 1.84 bits per heavy atom. The first kappa shape index (κ1) is 20.2. The quantitative estimate of drug-likeness (QED) is 0.569. The van der Waals surface area contributed by atoms with E-state index in [1.807, 2.05) is 29.6 Å². The lowest BCUT2D eigenvalue weighted by Gasteiger charge is -2.22. The third-order valence-corrected chi connectivity index (χ3v) is 5.37. The van der Waals surface area contributed by atoms with E-state index in [2.05, 4.69) is 23.7 Å². The number of hydrogen-bond acceptors (Lipinski definition) is 4. The van der Waals surface area contributed by atoms with Crippen LogP contribution in [0.25, 0.3) is 11.3 Å². The fourth-order valence-corrected chi connectivity index (χ4v) is 3.68. The van der Waals surface area contributed by atoms with Gasteiger partial charge in [0.25, 0.3) is 0 Å². The number of hydrogen-bond donors (Lipinski definition) is 0. The molecule has 0 unspecified atom stereocenters. The number of carbonyl (C=O) groups is 1. The van der Waals surface area contributed by atoms with Crippen LogP contribution in [0, 0.1) is 0 Å². The van der Waals surface area contributed by atoms with E-state index in [9.17, 15) is 4.79 Å². The summed E-state index contributed by atoms with van der Waals surface area (Å²) in [6.07, 6.45) is 0.889. The second kappa shape index (κ2) is 10.1. The van der Waals surface area contributed by atoms with E-state index in [-0.39, 0.29) is 11.8 Å². The Bertz CT molecular complexity index is 671. The number of benzene rings is 1. The van der Waals surface area contributed by atoms with Gasteiger partial charge in [-0.3, -0.25) is 9.69 Å². The Kier molecular flexibility index (Phi) is 8.16. The number of aromatic nitrogens is 1. The molecule has 0 saturated heterocycles. The largest absolute Gasteiger partial charge is 0.304 e. The normalized spacial score (nSPS) is 11.1. The molecule has 1 aromatic carbocycles. The average molecular weight is 400 g/mol. The minimum Gasteiger partial charge on any atom is -0.304 e. The lowest BCUT2D eigenvalue weighted by Crippen LogP contribution is -2.35. The lowest BCUT2D eigenvalue weighted by molar-refractivity contribution is -0.116. The predicted molar refractivity (Wildman–Crippen MR) is 108 cm³/mol. The molecule has 0 aliphatic heterocycles. The monoisotopic (exact) mass is 399 g/mol. The van der Waals surface area contributed by atoms with Gasteiger partial charge in [-0.25, -0.2) is 4.98 Å². The van der Waals surface area contributed by atoms with Crippen molar-refractivity contribution in [1.29, 1.82) is 0 Å². The van der Waals surface area contributed by atoms with E-state index in [4.69, 9.17) is 23.2 Å². The van der Waals surface area contributed by atoms with Gasteiger partial charge < -0.3 is 4.90 Å². The molecule has 25 heavy (non-hydrogen) atoms. The van der Waals surface area contributed by atoms with Gasteiger partial charge in [0.05, 0.1) is 5.69 Å². The summed E-state index contributed by atoms with van der Waals surface area (Å²) >= 11 is 13.2. The number of thiazole rings is 1. The Hall–Kier alpha value is -1.14. The molecule has 0 atom stereocenters. The molecule has 0 aliphatic rings. The van der Waals surface area contributed by atoms with Gasteiger partial charge in [-0.15, -0.1) is 22.9 Å². The van der Waals surface area contributed by atoms with Crippen LogP contribution in [0.2, 0.25) is 5.02 Å². The molecule has 0 N–H and O–H groups in total. The predicted octanol–water partition coefficient (Wildman–Crippen LogP) is 4.77. The van der Waals surface area contributed by atoms with Crippen LogP contribution in [-0.2, 0) is 4.79 Å². The smallest absolute Gasteiger partial charge is 0.243 e. The van der Waals surface area contributed by atoms with Crippen molar-refractivity contribution in [1.82, 2.24) is 9.88 Å². The molecule has 136 valence electrons. The summed E-state index contributed by atoms with van der Waals surface area (Å²) in [6, 6.07) is 7.52. The number of alkyl halides is 1. The van der Waals surface area contributed by atoms with E-state index in [1.165, 1.54) is 11.3 Å². The van der Waals surface area contributed by atoms with Gasteiger partial charge in [0.2, 0.25) is 5.91 Å². The van der Waals surface area contributed by atoms with Crippen LogP contribution < -0.4 is 4.90 Å². The summed E-state index contributed by atoms with van der Waals surface area (Å²) in [5.74, 6) is -0.153. The second-order valence-corrected chi connectivity index (χ2v) is 7.12. The Balaban J connectivity index is 2.10. The highest BCUT2D eigenvalue weighted by Gasteiger charge is 2.18. The van der Waals surface area contributed by atoms with E-state index in [0.717, 1.165) is 37.3 Å². The Labute approximate surface area is 163 Å². The van der Waals surface area contributed by atoms with E-state index in [1.54, 1.807) is 4.90 Å². The van der Waals surface area contributed by atoms with Gasteiger partial charge in [0, 0.05) is 22.5 Å². The molecule has 7 heteroatoms. The van der Waals surface area contributed by atoms with E-state index < -0.39 is 0 Å². The first-order valence-electron chi connectivity index (χ1n) is 8.39. The Morgan fingerprint density at radius 3 is 2.44 bits per heavy atom. The number of halogens is 2. The minimum atomic E-state index is -0.113. The van der Waals surface area contributed by atoms with Gasteiger partial charge in [-0.05, 0) is 38.2 Å². The van der Waals surface area contributed by atoms with Gasteiger partial charge in [-0.1, -0.05) is 37.6 Å². The number of amides is 1. The van der Waals surface area contributed by atoms with Crippen molar-refractivity contribution in [2.75, 3.05) is 37.0 Å². The molecule has 4 nitrogen and oxygen atoms in total. The molecular weight excluding hydrogens is 377 g/mol. The van der Waals surface area contributed by atoms with E-state index in [0.29, 0.717) is 16.7 Å². The molecule has 2 rings (SSSR count). The third kappa shape index (κ3) is 5.68. The molecule has 1 heterocycles.